The first-order chi connectivity index (χ1) is 13.6. The summed E-state index contributed by atoms with van der Waals surface area (Å²) in [6.07, 6.45) is 1.66. The summed E-state index contributed by atoms with van der Waals surface area (Å²) in [5.41, 5.74) is 2.35. The number of hydrogen-bond acceptors (Lipinski definition) is 5. The summed E-state index contributed by atoms with van der Waals surface area (Å²) in [4.78, 5) is 16.8. The quantitative estimate of drug-likeness (QED) is 0.502. The molecule has 2 heterocycles. The smallest absolute Gasteiger partial charge is 0.257 e. The maximum absolute atomic E-state index is 12.6. The third kappa shape index (κ3) is 3.86. The number of nitrogens with zero attached hydrogens (tertiary/aromatic N) is 4. The van der Waals surface area contributed by atoms with Crippen molar-refractivity contribution < 1.29 is 9.32 Å². The third-order valence-corrected chi connectivity index (χ3v) is 4.93. The minimum Gasteiger partial charge on any atom is -0.334 e. The maximum Gasteiger partial charge on any atom is 0.257 e. The average Bonchev–Trinajstić information content (AvgIpc) is 3.33. The number of hydrogen-bond donors (Lipinski definition) is 1. The Kier molecular flexibility index (Phi) is 5.03. The molecule has 0 unspecified atom stereocenters. The van der Waals surface area contributed by atoms with E-state index in [4.69, 9.17) is 4.52 Å². The number of halogens is 1. The van der Waals surface area contributed by atoms with Crippen LogP contribution in [0.3, 0.4) is 0 Å². The number of amides is 1. The van der Waals surface area contributed by atoms with E-state index in [-0.39, 0.29) is 5.91 Å². The zero-order valence-electron chi connectivity index (χ0n) is 15.0. The zero-order chi connectivity index (χ0) is 19.5. The van der Waals surface area contributed by atoms with Crippen LogP contribution in [0.2, 0.25) is 0 Å². The van der Waals surface area contributed by atoms with Crippen molar-refractivity contribution in [2.24, 2.45) is 0 Å². The van der Waals surface area contributed by atoms with Crippen molar-refractivity contribution in [3.05, 3.63) is 82.2 Å². The molecule has 4 rings (SSSR count). The Bertz CT molecular complexity index is 1120. The Balaban J connectivity index is 1.49. The maximum atomic E-state index is 12.6. The molecule has 0 aliphatic heterocycles. The van der Waals surface area contributed by atoms with Crippen LogP contribution in [0, 0.1) is 6.92 Å². The molecule has 0 bridgehead atoms. The van der Waals surface area contributed by atoms with E-state index in [0.717, 1.165) is 15.6 Å². The average molecular weight is 438 g/mol. The molecule has 1 amide bonds. The van der Waals surface area contributed by atoms with E-state index in [1.165, 1.54) is 0 Å². The van der Waals surface area contributed by atoms with Gasteiger partial charge in [0, 0.05) is 21.7 Å². The van der Waals surface area contributed by atoms with E-state index in [2.05, 4.69) is 36.5 Å². The molecule has 2 aromatic heterocycles. The summed E-state index contributed by atoms with van der Waals surface area (Å²) in [6.45, 7) is 2.30. The van der Waals surface area contributed by atoms with Crippen LogP contribution in [0.4, 0.5) is 5.82 Å². The normalized spacial score (nSPS) is 10.8. The van der Waals surface area contributed by atoms with Crippen molar-refractivity contribution in [1.29, 1.82) is 0 Å². The third-order valence-electron chi connectivity index (χ3n) is 4.16. The summed E-state index contributed by atoms with van der Waals surface area (Å²) in [5.74, 6) is 1.39. The highest BCUT2D eigenvalue weighted by molar-refractivity contribution is 9.10. The minimum atomic E-state index is -0.220. The number of carbonyl (C=O) groups excluding carboxylic acids is 1. The highest BCUT2D eigenvalue weighted by Gasteiger charge is 2.12. The lowest BCUT2D eigenvalue weighted by molar-refractivity contribution is 0.102. The Morgan fingerprint density at radius 3 is 2.64 bits per heavy atom. The van der Waals surface area contributed by atoms with Gasteiger partial charge in [0.25, 0.3) is 11.8 Å². The fraction of sp³-hybridized carbons (Fsp3) is 0.100. The fourth-order valence-corrected chi connectivity index (χ4v) is 3.13. The SMILES string of the molecule is Cc1noc(-c2ccc(C(=O)Nc3ccnn3Cc3ccccc3Br)cc2)n1. The second-order valence-corrected chi connectivity index (χ2v) is 7.00. The fourth-order valence-electron chi connectivity index (χ4n) is 2.72. The number of benzene rings is 2. The lowest BCUT2D eigenvalue weighted by Gasteiger charge is -2.10. The molecule has 0 fully saturated rings. The molecule has 1 N–H and O–H groups in total. The Labute approximate surface area is 169 Å². The van der Waals surface area contributed by atoms with Crippen LogP contribution in [-0.2, 0) is 6.54 Å². The van der Waals surface area contributed by atoms with E-state index in [9.17, 15) is 4.79 Å². The van der Waals surface area contributed by atoms with Crippen LogP contribution >= 0.6 is 15.9 Å². The summed E-state index contributed by atoms with van der Waals surface area (Å²) >= 11 is 3.54. The molecule has 0 atom stereocenters. The number of nitrogens with one attached hydrogen (secondary N) is 1. The molecular weight excluding hydrogens is 422 g/mol. The van der Waals surface area contributed by atoms with Gasteiger partial charge in [0.15, 0.2) is 5.82 Å². The standard InChI is InChI=1S/C20H16BrN5O2/c1-13-23-20(28-25-13)15-8-6-14(7-9-15)19(27)24-18-10-11-22-26(18)12-16-4-2-3-5-17(16)21/h2-11H,12H2,1H3,(H,24,27). The van der Waals surface area contributed by atoms with Crippen LogP contribution in [0.1, 0.15) is 21.7 Å². The highest BCUT2D eigenvalue weighted by atomic mass is 79.9. The zero-order valence-corrected chi connectivity index (χ0v) is 16.5. The topological polar surface area (TPSA) is 85.8 Å². The van der Waals surface area contributed by atoms with Gasteiger partial charge in [0.1, 0.15) is 5.82 Å². The van der Waals surface area contributed by atoms with Gasteiger partial charge in [0.2, 0.25) is 0 Å². The molecule has 8 heteroatoms. The molecule has 0 aliphatic rings. The van der Waals surface area contributed by atoms with Gasteiger partial charge in [-0.25, -0.2) is 4.68 Å². The molecule has 0 spiro atoms. The molecule has 0 radical (unpaired) electrons. The van der Waals surface area contributed by atoms with Crippen LogP contribution < -0.4 is 5.32 Å². The minimum absolute atomic E-state index is 0.220. The molecule has 28 heavy (non-hydrogen) atoms. The highest BCUT2D eigenvalue weighted by Crippen LogP contribution is 2.20. The van der Waals surface area contributed by atoms with Gasteiger partial charge >= 0.3 is 0 Å². The van der Waals surface area contributed by atoms with Gasteiger partial charge in [-0.05, 0) is 42.8 Å². The van der Waals surface area contributed by atoms with E-state index in [1.807, 2.05) is 24.3 Å². The molecule has 0 saturated heterocycles. The van der Waals surface area contributed by atoms with Gasteiger partial charge in [-0.1, -0.05) is 39.3 Å². The largest absolute Gasteiger partial charge is 0.334 e. The van der Waals surface area contributed by atoms with Crippen molar-refractivity contribution in [3.8, 4) is 11.5 Å². The number of aryl methyl sites for hydroxylation is 1. The number of anilines is 1. The lowest BCUT2D eigenvalue weighted by atomic mass is 10.1. The molecule has 2 aromatic carbocycles. The van der Waals surface area contributed by atoms with Crippen molar-refractivity contribution >= 4 is 27.7 Å². The van der Waals surface area contributed by atoms with Gasteiger partial charge < -0.3 is 9.84 Å². The summed E-state index contributed by atoms with van der Waals surface area (Å²) < 4.78 is 7.88. The van der Waals surface area contributed by atoms with Gasteiger partial charge in [-0.2, -0.15) is 10.1 Å². The Morgan fingerprint density at radius 2 is 1.93 bits per heavy atom. The van der Waals surface area contributed by atoms with Crippen LogP contribution in [-0.4, -0.2) is 25.8 Å². The van der Waals surface area contributed by atoms with Crippen molar-refractivity contribution in [3.63, 3.8) is 0 Å². The van der Waals surface area contributed by atoms with Crippen molar-refractivity contribution in [2.75, 3.05) is 5.32 Å². The van der Waals surface area contributed by atoms with Gasteiger partial charge in [-0.3, -0.25) is 4.79 Å². The second kappa shape index (κ2) is 7.77. The lowest BCUT2D eigenvalue weighted by Crippen LogP contribution is -2.16. The Hall–Kier alpha value is -3.26. The summed E-state index contributed by atoms with van der Waals surface area (Å²) in [5, 5.41) is 11.0. The first-order valence-corrected chi connectivity index (χ1v) is 9.37. The van der Waals surface area contributed by atoms with Crippen LogP contribution in [0.25, 0.3) is 11.5 Å². The first-order valence-electron chi connectivity index (χ1n) is 8.57. The predicted octanol–water partition coefficient (Wildman–Crippen LogP) is 4.30. The summed E-state index contributed by atoms with van der Waals surface area (Å²) in [7, 11) is 0. The molecule has 7 nitrogen and oxygen atoms in total. The van der Waals surface area contributed by atoms with Gasteiger partial charge in [-0.15, -0.1) is 0 Å². The van der Waals surface area contributed by atoms with Crippen molar-refractivity contribution in [2.45, 2.75) is 13.5 Å². The van der Waals surface area contributed by atoms with E-state index in [1.54, 1.807) is 48.1 Å². The Morgan fingerprint density at radius 1 is 1.14 bits per heavy atom. The first kappa shape index (κ1) is 18.1. The molecule has 140 valence electrons. The van der Waals surface area contributed by atoms with E-state index >= 15 is 0 Å². The number of aromatic nitrogens is 4. The number of rotatable bonds is 5. The number of carbonyl (C=O) groups is 1. The predicted molar refractivity (Wildman–Crippen MR) is 108 cm³/mol. The van der Waals surface area contributed by atoms with E-state index in [0.29, 0.717) is 29.6 Å². The molecular formula is C20H16BrN5O2. The van der Waals surface area contributed by atoms with Crippen molar-refractivity contribution in [1.82, 2.24) is 19.9 Å². The molecule has 0 saturated carbocycles. The monoisotopic (exact) mass is 437 g/mol. The van der Waals surface area contributed by atoms with Gasteiger partial charge in [0.05, 0.1) is 12.7 Å². The second-order valence-electron chi connectivity index (χ2n) is 6.14. The molecule has 0 aliphatic carbocycles. The van der Waals surface area contributed by atoms with Crippen LogP contribution in [0.5, 0.6) is 0 Å². The van der Waals surface area contributed by atoms with E-state index < -0.39 is 0 Å². The molecule has 4 aromatic rings. The van der Waals surface area contributed by atoms with Crippen LogP contribution in [0.15, 0.2) is 69.8 Å². The summed E-state index contributed by atoms with van der Waals surface area (Å²) in [6, 6.07) is 16.7.